The quantitative estimate of drug-likeness (QED) is 0.861. The maximum Gasteiger partial charge on any atom is 0.322 e. The van der Waals surface area contributed by atoms with E-state index in [0.717, 1.165) is 18.2 Å². The summed E-state index contributed by atoms with van der Waals surface area (Å²) >= 11 is 0. The van der Waals surface area contributed by atoms with Crippen molar-refractivity contribution in [2.75, 3.05) is 18.2 Å². The Morgan fingerprint density at radius 3 is 2.39 bits per heavy atom. The van der Waals surface area contributed by atoms with Crippen LogP contribution < -0.4 is 15.8 Å². The van der Waals surface area contributed by atoms with Crippen molar-refractivity contribution in [3.8, 4) is 6.01 Å². The zero-order chi connectivity index (χ0) is 13.1. The van der Waals surface area contributed by atoms with Gasteiger partial charge in [0.1, 0.15) is 11.6 Å². The smallest absolute Gasteiger partial charge is 0.322 e. The van der Waals surface area contributed by atoms with Gasteiger partial charge in [-0.2, -0.15) is 15.0 Å². The van der Waals surface area contributed by atoms with Gasteiger partial charge in [-0.05, 0) is 12.1 Å². The monoisotopic (exact) mass is 253 g/mol. The Morgan fingerprint density at radius 2 is 1.78 bits per heavy atom. The van der Waals surface area contributed by atoms with Crippen LogP contribution in [0.15, 0.2) is 18.2 Å². The molecule has 0 unspecified atom stereocenters. The largest absolute Gasteiger partial charge is 0.467 e. The van der Waals surface area contributed by atoms with Gasteiger partial charge in [-0.3, -0.25) is 0 Å². The number of hydrogen-bond acceptors (Lipinski definition) is 6. The molecule has 1 aromatic carbocycles. The SMILES string of the molecule is COc1nc(N)nc(Nc2cc(F)cc(F)c2)n1. The molecule has 0 aliphatic carbocycles. The van der Waals surface area contributed by atoms with Gasteiger partial charge in [-0.15, -0.1) is 0 Å². The number of aromatic nitrogens is 3. The first-order valence-corrected chi connectivity index (χ1v) is 4.85. The molecule has 0 saturated heterocycles. The molecule has 0 radical (unpaired) electrons. The van der Waals surface area contributed by atoms with E-state index < -0.39 is 11.6 Å². The topological polar surface area (TPSA) is 86.0 Å². The highest BCUT2D eigenvalue weighted by Crippen LogP contribution is 2.18. The lowest BCUT2D eigenvalue weighted by atomic mass is 10.3. The molecule has 6 nitrogen and oxygen atoms in total. The van der Waals surface area contributed by atoms with Gasteiger partial charge >= 0.3 is 6.01 Å². The summed E-state index contributed by atoms with van der Waals surface area (Å²) in [5, 5.41) is 2.60. The summed E-state index contributed by atoms with van der Waals surface area (Å²) in [6.07, 6.45) is 0. The van der Waals surface area contributed by atoms with Gasteiger partial charge in [0.05, 0.1) is 7.11 Å². The molecule has 2 aromatic rings. The van der Waals surface area contributed by atoms with Crippen molar-refractivity contribution in [2.24, 2.45) is 0 Å². The molecule has 0 fully saturated rings. The molecule has 0 aliphatic rings. The van der Waals surface area contributed by atoms with Crippen LogP contribution in [0.2, 0.25) is 0 Å². The summed E-state index contributed by atoms with van der Waals surface area (Å²) in [6.45, 7) is 0. The third kappa shape index (κ3) is 2.78. The number of nitrogens with one attached hydrogen (secondary N) is 1. The van der Waals surface area contributed by atoms with E-state index in [1.165, 1.54) is 7.11 Å². The second-order valence-corrected chi connectivity index (χ2v) is 3.29. The van der Waals surface area contributed by atoms with E-state index in [1.807, 2.05) is 0 Å². The van der Waals surface area contributed by atoms with Crippen molar-refractivity contribution < 1.29 is 13.5 Å². The number of methoxy groups -OCH3 is 1. The summed E-state index contributed by atoms with van der Waals surface area (Å²) in [4.78, 5) is 11.3. The number of nitrogens with zero attached hydrogens (tertiary/aromatic N) is 3. The Balaban J connectivity index is 2.30. The minimum absolute atomic E-state index is 0.00174. The molecule has 0 amide bonds. The molecule has 94 valence electrons. The number of benzene rings is 1. The van der Waals surface area contributed by atoms with Gasteiger partial charge in [0.15, 0.2) is 0 Å². The number of anilines is 3. The van der Waals surface area contributed by atoms with Crippen LogP contribution in [0.1, 0.15) is 0 Å². The highest BCUT2D eigenvalue weighted by molar-refractivity contribution is 5.54. The van der Waals surface area contributed by atoms with Crippen molar-refractivity contribution in [2.45, 2.75) is 0 Å². The van der Waals surface area contributed by atoms with E-state index in [2.05, 4.69) is 20.3 Å². The Labute approximate surface area is 101 Å². The van der Waals surface area contributed by atoms with Crippen LogP contribution in [0.4, 0.5) is 26.4 Å². The highest BCUT2D eigenvalue weighted by Gasteiger charge is 2.06. The number of ether oxygens (including phenoxy) is 1. The normalized spacial score (nSPS) is 10.2. The summed E-state index contributed by atoms with van der Waals surface area (Å²) in [7, 11) is 1.36. The number of rotatable bonds is 3. The standard InChI is InChI=1S/C10H9F2N5O/c1-18-10-16-8(13)15-9(17-10)14-7-3-5(11)2-6(12)4-7/h2-4H,1H3,(H3,13,14,15,16,17). The number of nitrogens with two attached hydrogens (primary N) is 1. The first-order valence-electron chi connectivity index (χ1n) is 4.85. The minimum Gasteiger partial charge on any atom is -0.467 e. The van der Waals surface area contributed by atoms with Gasteiger partial charge < -0.3 is 15.8 Å². The van der Waals surface area contributed by atoms with Crippen molar-refractivity contribution in [3.05, 3.63) is 29.8 Å². The zero-order valence-electron chi connectivity index (χ0n) is 9.32. The Bertz CT molecular complexity index is 558. The summed E-state index contributed by atoms with van der Waals surface area (Å²) in [5.41, 5.74) is 5.57. The third-order valence-electron chi connectivity index (χ3n) is 1.93. The van der Waals surface area contributed by atoms with Gasteiger partial charge in [-0.25, -0.2) is 8.78 Å². The van der Waals surface area contributed by atoms with Gasteiger partial charge in [0.2, 0.25) is 11.9 Å². The predicted molar refractivity (Wildman–Crippen MR) is 60.4 cm³/mol. The van der Waals surface area contributed by atoms with E-state index in [1.54, 1.807) is 0 Å². The maximum absolute atomic E-state index is 13.0. The fourth-order valence-electron chi connectivity index (χ4n) is 1.27. The van der Waals surface area contributed by atoms with Gasteiger partial charge in [0, 0.05) is 11.8 Å². The first kappa shape index (κ1) is 12.0. The third-order valence-corrected chi connectivity index (χ3v) is 1.93. The Morgan fingerprint density at radius 1 is 1.11 bits per heavy atom. The molecule has 0 aliphatic heterocycles. The van der Waals surface area contributed by atoms with E-state index in [0.29, 0.717) is 0 Å². The summed E-state index contributed by atoms with van der Waals surface area (Å²) in [6, 6.07) is 2.94. The Hall–Kier alpha value is -2.51. The fourth-order valence-corrected chi connectivity index (χ4v) is 1.27. The molecule has 0 bridgehead atoms. The van der Waals surface area contributed by atoms with E-state index in [-0.39, 0.29) is 23.6 Å². The number of hydrogen-bond donors (Lipinski definition) is 2. The van der Waals surface area contributed by atoms with E-state index >= 15 is 0 Å². The summed E-state index contributed by atoms with van der Waals surface area (Å²) < 4.78 is 30.7. The van der Waals surface area contributed by atoms with Gasteiger partial charge in [0.25, 0.3) is 0 Å². The van der Waals surface area contributed by atoms with Crippen LogP contribution in [0, 0.1) is 11.6 Å². The van der Waals surface area contributed by atoms with Crippen LogP contribution in [0.5, 0.6) is 6.01 Å². The molecule has 0 spiro atoms. The lowest BCUT2D eigenvalue weighted by Crippen LogP contribution is -2.05. The highest BCUT2D eigenvalue weighted by atomic mass is 19.1. The van der Waals surface area contributed by atoms with E-state index in [4.69, 9.17) is 10.5 Å². The Kier molecular flexibility index (Phi) is 3.18. The lowest BCUT2D eigenvalue weighted by Gasteiger charge is -2.06. The molecular formula is C10H9F2N5O. The molecule has 8 heteroatoms. The molecular weight excluding hydrogens is 244 g/mol. The fraction of sp³-hybridized carbons (Fsp3) is 0.100. The minimum atomic E-state index is -0.716. The van der Waals surface area contributed by atoms with Crippen LogP contribution in [0.25, 0.3) is 0 Å². The molecule has 18 heavy (non-hydrogen) atoms. The second kappa shape index (κ2) is 4.78. The van der Waals surface area contributed by atoms with Crippen molar-refractivity contribution in [3.63, 3.8) is 0 Å². The van der Waals surface area contributed by atoms with Crippen molar-refractivity contribution in [1.29, 1.82) is 0 Å². The number of nitrogen functional groups attached to an aromatic ring is 1. The zero-order valence-corrected chi connectivity index (χ0v) is 9.32. The maximum atomic E-state index is 13.0. The van der Waals surface area contributed by atoms with E-state index in [9.17, 15) is 8.78 Å². The molecule has 2 rings (SSSR count). The molecule has 3 N–H and O–H groups in total. The van der Waals surface area contributed by atoms with Crippen molar-refractivity contribution >= 4 is 17.6 Å². The molecule has 1 aromatic heterocycles. The van der Waals surface area contributed by atoms with Crippen molar-refractivity contribution in [1.82, 2.24) is 15.0 Å². The van der Waals surface area contributed by atoms with Crippen LogP contribution >= 0.6 is 0 Å². The molecule has 1 heterocycles. The van der Waals surface area contributed by atoms with Crippen LogP contribution in [-0.4, -0.2) is 22.1 Å². The summed E-state index contributed by atoms with van der Waals surface area (Å²) in [5.74, 6) is -1.47. The predicted octanol–water partition coefficient (Wildman–Crippen LogP) is 1.48. The molecule has 0 saturated carbocycles. The van der Waals surface area contributed by atoms with Crippen LogP contribution in [-0.2, 0) is 0 Å². The number of halogens is 2. The first-order chi connectivity index (χ1) is 8.56. The van der Waals surface area contributed by atoms with Gasteiger partial charge in [-0.1, -0.05) is 0 Å². The average molecular weight is 253 g/mol. The molecule has 0 atom stereocenters. The lowest BCUT2D eigenvalue weighted by molar-refractivity contribution is 0.380. The average Bonchev–Trinajstić information content (AvgIpc) is 2.26. The van der Waals surface area contributed by atoms with Crippen LogP contribution in [0.3, 0.4) is 0 Å². The second-order valence-electron chi connectivity index (χ2n) is 3.29.